The van der Waals surface area contributed by atoms with Crippen molar-refractivity contribution in [2.45, 2.75) is 31.2 Å². The van der Waals surface area contributed by atoms with Crippen LogP contribution in [0.15, 0.2) is 30.5 Å². The fraction of sp³-hybridized carbons (Fsp3) is 0.550. The maximum atomic E-state index is 13.4. The molecule has 1 N–H and O–H groups in total. The van der Waals surface area contributed by atoms with E-state index in [0.29, 0.717) is 45.0 Å². The highest BCUT2D eigenvalue weighted by Crippen LogP contribution is 2.31. The van der Waals surface area contributed by atoms with Gasteiger partial charge in [-0.15, -0.1) is 0 Å². The Bertz CT molecular complexity index is 838. The first-order valence-corrected chi connectivity index (χ1v) is 10.0. The van der Waals surface area contributed by atoms with Crippen molar-refractivity contribution in [1.29, 1.82) is 0 Å². The van der Waals surface area contributed by atoms with Crippen LogP contribution in [0.25, 0.3) is 11.5 Å². The Labute approximate surface area is 172 Å². The van der Waals surface area contributed by atoms with Gasteiger partial charge in [0, 0.05) is 51.6 Å². The normalized spacial score (nSPS) is 21.7. The average molecular weight is 423 g/mol. The van der Waals surface area contributed by atoms with Crippen LogP contribution in [0, 0.1) is 0 Å². The molecule has 162 valence electrons. The first-order valence-electron chi connectivity index (χ1n) is 10.0. The minimum Gasteiger partial charge on any atom is -0.389 e. The van der Waals surface area contributed by atoms with Crippen molar-refractivity contribution in [3.8, 4) is 11.5 Å². The first kappa shape index (κ1) is 21.0. The van der Waals surface area contributed by atoms with Gasteiger partial charge in [-0.25, -0.2) is 9.97 Å². The molecule has 2 atom stereocenters. The van der Waals surface area contributed by atoms with Gasteiger partial charge in [-0.2, -0.15) is 13.2 Å². The zero-order chi connectivity index (χ0) is 21.1. The van der Waals surface area contributed by atoms with E-state index in [2.05, 4.69) is 19.9 Å². The lowest BCUT2D eigenvalue weighted by Gasteiger charge is -2.37. The van der Waals surface area contributed by atoms with Crippen LogP contribution in [0.1, 0.15) is 18.5 Å². The van der Waals surface area contributed by atoms with Gasteiger partial charge in [0.05, 0.1) is 12.2 Å². The largest absolute Gasteiger partial charge is 0.433 e. The lowest BCUT2D eigenvalue weighted by atomic mass is 10.1. The molecule has 10 heteroatoms. The Kier molecular flexibility index (Phi) is 6.16. The Hall–Kier alpha value is -2.30. The highest BCUT2D eigenvalue weighted by atomic mass is 19.4. The van der Waals surface area contributed by atoms with Crippen molar-refractivity contribution in [1.82, 2.24) is 19.9 Å². The molecule has 2 saturated heterocycles. The summed E-state index contributed by atoms with van der Waals surface area (Å²) >= 11 is 0. The lowest BCUT2D eigenvalue weighted by Crippen LogP contribution is -2.50. The van der Waals surface area contributed by atoms with E-state index in [4.69, 9.17) is 4.74 Å². The molecule has 0 bridgehead atoms. The summed E-state index contributed by atoms with van der Waals surface area (Å²) in [6.07, 6.45) is -1.93. The summed E-state index contributed by atoms with van der Waals surface area (Å²) < 4.78 is 45.8. The number of aromatic nitrogens is 3. The molecular formula is C20H24F3N5O2. The number of anilines is 1. The lowest BCUT2D eigenvalue weighted by molar-refractivity contribution is -0.141. The molecule has 2 fully saturated rings. The monoisotopic (exact) mass is 423 g/mol. The molecule has 0 spiro atoms. The number of β-amino-alcohol motifs (C(OH)–C–C–N with tert-alkyl or cyclic N) is 1. The second kappa shape index (κ2) is 8.83. The number of aliphatic hydroxyl groups is 1. The molecule has 0 unspecified atom stereocenters. The Morgan fingerprint density at radius 3 is 2.60 bits per heavy atom. The van der Waals surface area contributed by atoms with E-state index in [9.17, 15) is 18.3 Å². The molecule has 7 nitrogen and oxygen atoms in total. The van der Waals surface area contributed by atoms with Gasteiger partial charge < -0.3 is 14.7 Å². The summed E-state index contributed by atoms with van der Waals surface area (Å²) in [6, 6.07) is 5.94. The number of hydrogen-bond donors (Lipinski definition) is 1. The fourth-order valence-electron chi connectivity index (χ4n) is 3.80. The summed E-state index contributed by atoms with van der Waals surface area (Å²) in [4.78, 5) is 16.0. The van der Waals surface area contributed by atoms with Crippen LogP contribution in [0.5, 0.6) is 0 Å². The summed E-state index contributed by atoms with van der Waals surface area (Å²) in [5, 5.41) is 10.3. The molecule has 4 rings (SSSR count). The molecular weight excluding hydrogens is 399 g/mol. The third-order valence-electron chi connectivity index (χ3n) is 5.43. The van der Waals surface area contributed by atoms with Crippen LogP contribution in [-0.4, -0.2) is 76.5 Å². The third kappa shape index (κ3) is 4.88. The highest BCUT2D eigenvalue weighted by Gasteiger charge is 2.35. The second-order valence-corrected chi connectivity index (χ2v) is 7.55. The van der Waals surface area contributed by atoms with E-state index < -0.39 is 18.0 Å². The molecule has 0 amide bonds. The topological polar surface area (TPSA) is 74.6 Å². The molecule has 0 radical (unpaired) electrons. The van der Waals surface area contributed by atoms with E-state index in [1.54, 1.807) is 18.2 Å². The minimum absolute atomic E-state index is 0.0448. The molecule has 0 aromatic carbocycles. The number of nitrogens with zero attached hydrogens (tertiary/aromatic N) is 5. The van der Waals surface area contributed by atoms with Gasteiger partial charge in [0.25, 0.3) is 0 Å². The maximum Gasteiger partial charge on any atom is 0.433 e. The molecule has 4 heterocycles. The van der Waals surface area contributed by atoms with Gasteiger partial charge in [0.15, 0.2) is 11.5 Å². The van der Waals surface area contributed by atoms with Crippen molar-refractivity contribution in [3.63, 3.8) is 0 Å². The summed E-state index contributed by atoms with van der Waals surface area (Å²) in [7, 11) is 0. The minimum atomic E-state index is -4.57. The smallest absolute Gasteiger partial charge is 0.389 e. The molecule has 0 aliphatic carbocycles. The first-order chi connectivity index (χ1) is 14.4. The van der Waals surface area contributed by atoms with Crippen LogP contribution in [0.2, 0.25) is 0 Å². The molecule has 2 aliphatic rings. The predicted octanol–water partition coefficient (Wildman–Crippen LogP) is 2.22. The summed E-state index contributed by atoms with van der Waals surface area (Å²) in [6.45, 7) is 3.43. The average Bonchev–Trinajstić information content (AvgIpc) is 3.29. The molecule has 2 aliphatic heterocycles. The summed E-state index contributed by atoms with van der Waals surface area (Å²) in [5.41, 5.74) is -0.687. The van der Waals surface area contributed by atoms with Crippen molar-refractivity contribution in [3.05, 3.63) is 36.2 Å². The molecule has 0 saturated carbocycles. The van der Waals surface area contributed by atoms with Gasteiger partial charge in [0.2, 0.25) is 0 Å². The van der Waals surface area contributed by atoms with E-state index in [1.807, 2.05) is 4.90 Å². The zero-order valence-electron chi connectivity index (χ0n) is 16.4. The SMILES string of the molecule is O[C@H](CN1CCN(c2cc(C(F)(F)F)nc(-c3ccccn3)n2)CC1)[C@@H]1CCCO1. The summed E-state index contributed by atoms with van der Waals surface area (Å²) in [5.74, 6) is 0.189. The van der Waals surface area contributed by atoms with E-state index in [0.717, 1.165) is 18.9 Å². The van der Waals surface area contributed by atoms with Gasteiger partial charge in [-0.05, 0) is 25.0 Å². The maximum absolute atomic E-state index is 13.4. The van der Waals surface area contributed by atoms with Gasteiger partial charge >= 0.3 is 6.18 Å². The van der Waals surface area contributed by atoms with Crippen molar-refractivity contribution in [2.75, 3.05) is 44.2 Å². The third-order valence-corrected chi connectivity index (χ3v) is 5.43. The van der Waals surface area contributed by atoms with E-state index >= 15 is 0 Å². The van der Waals surface area contributed by atoms with Crippen LogP contribution < -0.4 is 4.90 Å². The quantitative estimate of drug-likeness (QED) is 0.791. The number of piperazine rings is 1. The number of pyridine rings is 1. The van der Waals surface area contributed by atoms with Crippen LogP contribution in [0.4, 0.5) is 19.0 Å². The molecule has 30 heavy (non-hydrogen) atoms. The van der Waals surface area contributed by atoms with Crippen molar-refractivity contribution < 1.29 is 23.0 Å². The van der Waals surface area contributed by atoms with Gasteiger partial charge in [-0.1, -0.05) is 6.07 Å². The Balaban J connectivity index is 1.47. The second-order valence-electron chi connectivity index (χ2n) is 7.55. The van der Waals surface area contributed by atoms with E-state index in [1.165, 1.54) is 6.20 Å². The number of rotatable bonds is 5. The predicted molar refractivity (Wildman–Crippen MR) is 104 cm³/mol. The molecule has 2 aromatic heterocycles. The van der Waals surface area contributed by atoms with Crippen molar-refractivity contribution in [2.24, 2.45) is 0 Å². The highest BCUT2D eigenvalue weighted by molar-refractivity contribution is 5.54. The molecule has 2 aromatic rings. The van der Waals surface area contributed by atoms with Crippen molar-refractivity contribution >= 4 is 5.82 Å². The standard InChI is InChI=1S/C20H24F3N5O2/c21-20(22,23)17-12-18(26-19(25-17)14-4-1-2-6-24-14)28-9-7-27(8-10-28)13-15(29)16-5-3-11-30-16/h1-2,4,6,12,15-16,29H,3,5,7-11,13H2/t15-,16+/m1/s1. The van der Waals surface area contributed by atoms with Crippen LogP contribution in [0.3, 0.4) is 0 Å². The number of ether oxygens (including phenoxy) is 1. The van der Waals surface area contributed by atoms with Crippen LogP contribution in [-0.2, 0) is 10.9 Å². The number of alkyl halides is 3. The zero-order valence-corrected chi connectivity index (χ0v) is 16.4. The van der Waals surface area contributed by atoms with E-state index in [-0.39, 0.29) is 17.7 Å². The Morgan fingerprint density at radius 1 is 1.17 bits per heavy atom. The van der Waals surface area contributed by atoms with Crippen LogP contribution >= 0.6 is 0 Å². The number of halogens is 3. The number of aliphatic hydroxyl groups excluding tert-OH is 1. The Morgan fingerprint density at radius 2 is 1.97 bits per heavy atom. The van der Waals surface area contributed by atoms with Gasteiger partial charge in [-0.3, -0.25) is 9.88 Å². The van der Waals surface area contributed by atoms with Gasteiger partial charge in [0.1, 0.15) is 11.5 Å². The fourth-order valence-corrected chi connectivity index (χ4v) is 3.80. The number of hydrogen-bond acceptors (Lipinski definition) is 7.